The number of carbonyl (C=O) groups is 1. The highest BCUT2D eigenvalue weighted by Gasteiger charge is 2.24. The molecule has 4 nitrogen and oxygen atoms in total. The SMILES string of the molecule is NC(=O)C1CCN(C(=S)c2ccc(OCc3ccccc3)cc2)CC1. The fourth-order valence-corrected chi connectivity index (χ4v) is 3.30. The van der Waals surface area contributed by atoms with Gasteiger partial charge in [-0.2, -0.15) is 0 Å². The Labute approximate surface area is 153 Å². The second-order valence-electron chi connectivity index (χ2n) is 6.27. The highest BCUT2D eigenvalue weighted by atomic mass is 32.1. The number of hydrogen-bond donors (Lipinski definition) is 1. The van der Waals surface area contributed by atoms with Gasteiger partial charge in [-0.3, -0.25) is 4.79 Å². The molecule has 0 aromatic heterocycles. The Morgan fingerprint density at radius 1 is 1.08 bits per heavy atom. The van der Waals surface area contributed by atoms with E-state index in [1.165, 1.54) is 0 Å². The molecule has 25 heavy (non-hydrogen) atoms. The number of likely N-dealkylation sites (tertiary alicyclic amines) is 1. The molecule has 3 rings (SSSR count). The number of primary amides is 1. The van der Waals surface area contributed by atoms with Crippen LogP contribution in [0.4, 0.5) is 0 Å². The summed E-state index contributed by atoms with van der Waals surface area (Å²) in [4.78, 5) is 14.2. The van der Waals surface area contributed by atoms with Gasteiger partial charge in [0.2, 0.25) is 5.91 Å². The van der Waals surface area contributed by atoms with Crippen LogP contribution < -0.4 is 10.5 Å². The number of benzene rings is 2. The number of nitrogens with zero attached hydrogens (tertiary/aromatic N) is 1. The zero-order valence-electron chi connectivity index (χ0n) is 14.1. The lowest BCUT2D eigenvalue weighted by Crippen LogP contribution is -2.41. The number of thiocarbonyl (C=S) groups is 1. The zero-order valence-corrected chi connectivity index (χ0v) is 14.9. The van der Waals surface area contributed by atoms with Crippen LogP contribution in [0, 0.1) is 5.92 Å². The number of rotatable bonds is 5. The van der Waals surface area contributed by atoms with E-state index in [4.69, 9.17) is 22.7 Å². The van der Waals surface area contributed by atoms with Gasteiger partial charge in [-0.15, -0.1) is 0 Å². The van der Waals surface area contributed by atoms with Crippen LogP contribution in [0.2, 0.25) is 0 Å². The van der Waals surface area contributed by atoms with Crippen molar-refractivity contribution in [3.8, 4) is 5.75 Å². The van der Waals surface area contributed by atoms with Crippen molar-refractivity contribution in [3.05, 3.63) is 65.7 Å². The van der Waals surface area contributed by atoms with Crippen molar-refractivity contribution in [2.45, 2.75) is 19.4 Å². The molecule has 0 spiro atoms. The molecule has 1 amide bonds. The summed E-state index contributed by atoms with van der Waals surface area (Å²) in [6, 6.07) is 17.9. The third-order valence-corrected chi connectivity index (χ3v) is 5.03. The number of carbonyl (C=O) groups excluding carboxylic acids is 1. The van der Waals surface area contributed by atoms with Crippen LogP contribution in [0.1, 0.15) is 24.0 Å². The minimum absolute atomic E-state index is 0.0205. The molecule has 2 aromatic rings. The summed E-state index contributed by atoms with van der Waals surface area (Å²) in [5, 5.41) is 0. The molecule has 0 radical (unpaired) electrons. The molecular weight excluding hydrogens is 332 g/mol. The zero-order chi connectivity index (χ0) is 17.6. The molecule has 0 saturated carbocycles. The quantitative estimate of drug-likeness (QED) is 0.838. The van der Waals surface area contributed by atoms with E-state index in [9.17, 15) is 4.79 Å². The first-order valence-electron chi connectivity index (χ1n) is 8.49. The number of hydrogen-bond acceptors (Lipinski definition) is 3. The van der Waals surface area contributed by atoms with Crippen molar-refractivity contribution in [1.82, 2.24) is 4.90 Å². The van der Waals surface area contributed by atoms with Crippen LogP contribution >= 0.6 is 12.2 Å². The first kappa shape index (κ1) is 17.4. The van der Waals surface area contributed by atoms with Gasteiger partial charge in [-0.25, -0.2) is 0 Å². The summed E-state index contributed by atoms with van der Waals surface area (Å²) in [5.41, 5.74) is 7.52. The Kier molecular flexibility index (Phi) is 5.66. The Morgan fingerprint density at radius 3 is 2.32 bits per heavy atom. The molecule has 0 aliphatic carbocycles. The molecule has 1 heterocycles. The normalized spacial score (nSPS) is 15.0. The third-order valence-electron chi connectivity index (χ3n) is 4.53. The number of nitrogens with two attached hydrogens (primary N) is 1. The van der Waals surface area contributed by atoms with Crippen molar-refractivity contribution in [3.63, 3.8) is 0 Å². The van der Waals surface area contributed by atoms with Gasteiger partial charge in [0.1, 0.15) is 17.3 Å². The molecule has 1 aliphatic heterocycles. The van der Waals surface area contributed by atoms with Crippen LogP contribution in [-0.2, 0) is 11.4 Å². The molecule has 5 heteroatoms. The highest BCUT2D eigenvalue weighted by molar-refractivity contribution is 7.80. The predicted molar refractivity (Wildman–Crippen MR) is 102 cm³/mol. The van der Waals surface area contributed by atoms with Crippen molar-refractivity contribution < 1.29 is 9.53 Å². The van der Waals surface area contributed by atoms with E-state index in [0.29, 0.717) is 6.61 Å². The lowest BCUT2D eigenvalue weighted by Gasteiger charge is -2.32. The van der Waals surface area contributed by atoms with Crippen LogP contribution in [0.15, 0.2) is 54.6 Å². The van der Waals surface area contributed by atoms with Gasteiger partial charge in [0.15, 0.2) is 0 Å². The Hall–Kier alpha value is -2.40. The first-order chi connectivity index (χ1) is 12.1. The lowest BCUT2D eigenvalue weighted by atomic mass is 9.96. The largest absolute Gasteiger partial charge is 0.489 e. The van der Waals surface area contributed by atoms with E-state index in [1.54, 1.807) is 0 Å². The lowest BCUT2D eigenvalue weighted by molar-refractivity contribution is -0.122. The third kappa shape index (κ3) is 4.57. The summed E-state index contributed by atoms with van der Waals surface area (Å²) < 4.78 is 5.80. The van der Waals surface area contributed by atoms with Crippen molar-refractivity contribution >= 4 is 23.1 Å². The number of piperidine rings is 1. The molecule has 1 saturated heterocycles. The summed E-state index contributed by atoms with van der Waals surface area (Å²) in [7, 11) is 0. The second kappa shape index (κ2) is 8.12. The van der Waals surface area contributed by atoms with Crippen molar-refractivity contribution in [1.29, 1.82) is 0 Å². The van der Waals surface area contributed by atoms with Gasteiger partial charge in [0, 0.05) is 24.6 Å². The molecule has 0 unspecified atom stereocenters. The fraction of sp³-hybridized carbons (Fsp3) is 0.300. The van der Waals surface area contributed by atoms with Gasteiger partial charge in [-0.05, 0) is 42.7 Å². The van der Waals surface area contributed by atoms with Gasteiger partial charge >= 0.3 is 0 Å². The van der Waals surface area contributed by atoms with Crippen LogP contribution in [0.25, 0.3) is 0 Å². The molecule has 0 bridgehead atoms. The molecular formula is C20H22N2O2S. The minimum Gasteiger partial charge on any atom is -0.489 e. The molecule has 130 valence electrons. The van der Waals surface area contributed by atoms with Gasteiger partial charge < -0.3 is 15.4 Å². The van der Waals surface area contributed by atoms with Gasteiger partial charge in [0.05, 0.1) is 0 Å². The van der Waals surface area contributed by atoms with Crippen molar-refractivity contribution in [2.75, 3.05) is 13.1 Å². The molecule has 0 atom stereocenters. The molecule has 1 aliphatic rings. The maximum Gasteiger partial charge on any atom is 0.220 e. The van der Waals surface area contributed by atoms with Gasteiger partial charge in [-0.1, -0.05) is 42.5 Å². The van der Waals surface area contributed by atoms with Crippen LogP contribution in [0.5, 0.6) is 5.75 Å². The predicted octanol–water partition coefficient (Wildman–Crippen LogP) is 3.14. The molecule has 1 fully saturated rings. The van der Waals surface area contributed by atoms with E-state index in [2.05, 4.69) is 4.90 Å². The van der Waals surface area contributed by atoms with Crippen LogP contribution in [-0.4, -0.2) is 28.9 Å². The average molecular weight is 354 g/mol. The Balaban J connectivity index is 1.55. The monoisotopic (exact) mass is 354 g/mol. The summed E-state index contributed by atoms with van der Waals surface area (Å²) in [6.07, 6.45) is 1.54. The van der Waals surface area contributed by atoms with Crippen LogP contribution in [0.3, 0.4) is 0 Å². The fourth-order valence-electron chi connectivity index (χ4n) is 2.98. The summed E-state index contributed by atoms with van der Waals surface area (Å²) in [5.74, 6) is 0.598. The Bertz CT molecular complexity index is 723. The van der Waals surface area contributed by atoms with Crippen molar-refractivity contribution in [2.24, 2.45) is 11.7 Å². The minimum atomic E-state index is -0.203. The smallest absolute Gasteiger partial charge is 0.220 e. The highest BCUT2D eigenvalue weighted by Crippen LogP contribution is 2.21. The topological polar surface area (TPSA) is 55.6 Å². The Morgan fingerprint density at radius 2 is 1.72 bits per heavy atom. The number of ether oxygens (including phenoxy) is 1. The summed E-state index contributed by atoms with van der Waals surface area (Å²) in [6.45, 7) is 2.10. The average Bonchev–Trinajstić information content (AvgIpc) is 2.67. The molecule has 2 aromatic carbocycles. The van der Waals surface area contributed by atoms with E-state index < -0.39 is 0 Å². The summed E-state index contributed by atoms with van der Waals surface area (Å²) >= 11 is 5.60. The maximum atomic E-state index is 11.3. The standard InChI is InChI=1S/C20H22N2O2S/c21-19(23)16-10-12-22(13-11-16)20(25)17-6-8-18(9-7-17)24-14-15-4-2-1-3-5-15/h1-9,16H,10-14H2,(H2,21,23). The van der Waals surface area contributed by atoms with E-state index in [1.807, 2.05) is 54.6 Å². The first-order valence-corrected chi connectivity index (χ1v) is 8.89. The van der Waals surface area contributed by atoms with E-state index in [-0.39, 0.29) is 11.8 Å². The van der Waals surface area contributed by atoms with Gasteiger partial charge in [0.25, 0.3) is 0 Å². The second-order valence-corrected chi connectivity index (χ2v) is 6.65. The van der Waals surface area contributed by atoms with E-state index >= 15 is 0 Å². The molecule has 2 N–H and O–H groups in total. The maximum absolute atomic E-state index is 11.3. The number of amides is 1. The van der Waals surface area contributed by atoms with E-state index in [0.717, 1.165) is 47.8 Å².